The van der Waals surface area contributed by atoms with E-state index in [4.69, 9.17) is 0 Å². The van der Waals surface area contributed by atoms with Crippen LogP contribution >= 0.6 is 0 Å². The van der Waals surface area contributed by atoms with E-state index in [2.05, 4.69) is 20.5 Å². The van der Waals surface area contributed by atoms with Gasteiger partial charge in [-0.2, -0.15) is 5.10 Å². The predicted octanol–water partition coefficient (Wildman–Crippen LogP) is 2.88. The summed E-state index contributed by atoms with van der Waals surface area (Å²) in [5.74, 6) is 0.144. The Labute approximate surface area is 142 Å². The lowest BCUT2D eigenvalue weighted by Gasteiger charge is -2.06. The highest BCUT2D eigenvalue weighted by molar-refractivity contribution is 6.04. The number of amides is 1. The Hall–Kier alpha value is -3.49. The van der Waals surface area contributed by atoms with Gasteiger partial charge in [0.1, 0.15) is 5.69 Å². The van der Waals surface area contributed by atoms with Gasteiger partial charge >= 0.3 is 0 Å². The van der Waals surface area contributed by atoms with Gasteiger partial charge in [0.15, 0.2) is 5.82 Å². The molecule has 128 valence electrons. The number of H-pyrrole nitrogens is 1. The third kappa shape index (κ3) is 3.39. The van der Waals surface area contributed by atoms with Crippen LogP contribution in [0.1, 0.15) is 35.8 Å². The Balaban J connectivity index is 1.87. The van der Waals surface area contributed by atoms with Crippen LogP contribution in [0.4, 0.5) is 11.5 Å². The van der Waals surface area contributed by atoms with Crippen molar-refractivity contribution in [2.45, 2.75) is 19.8 Å². The van der Waals surface area contributed by atoms with E-state index in [-0.39, 0.29) is 17.2 Å². The highest BCUT2D eigenvalue weighted by Crippen LogP contribution is 2.25. The number of nitro benzene ring substituents is 1. The van der Waals surface area contributed by atoms with Gasteiger partial charge in [0.2, 0.25) is 0 Å². The van der Waals surface area contributed by atoms with Crippen molar-refractivity contribution in [2.24, 2.45) is 0 Å². The fourth-order valence-electron chi connectivity index (χ4n) is 2.32. The third-order valence-corrected chi connectivity index (χ3v) is 3.68. The van der Waals surface area contributed by atoms with Gasteiger partial charge in [-0.05, 0) is 18.1 Å². The van der Waals surface area contributed by atoms with Crippen molar-refractivity contribution >= 4 is 17.4 Å². The molecular weight excluding hydrogens is 324 g/mol. The molecule has 3 aromatic rings. The number of nitrogens with one attached hydrogen (secondary N) is 2. The van der Waals surface area contributed by atoms with Gasteiger partial charge in [0.25, 0.3) is 11.6 Å². The van der Waals surface area contributed by atoms with Crippen LogP contribution in [0.3, 0.4) is 0 Å². The third-order valence-electron chi connectivity index (χ3n) is 3.68. The summed E-state index contributed by atoms with van der Waals surface area (Å²) in [6.45, 7) is 3.99. The van der Waals surface area contributed by atoms with Gasteiger partial charge < -0.3 is 9.88 Å². The van der Waals surface area contributed by atoms with E-state index in [1.165, 1.54) is 35.3 Å². The lowest BCUT2D eigenvalue weighted by Crippen LogP contribution is -2.13. The number of aromatic nitrogens is 4. The molecule has 0 bridgehead atoms. The van der Waals surface area contributed by atoms with Gasteiger partial charge in [-0.25, -0.2) is 4.98 Å². The van der Waals surface area contributed by atoms with Crippen molar-refractivity contribution in [3.05, 3.63) is 64.4 Å². The van der Waals surface area contributed by atoms with Crippen LogP contribution in [-0.2, 0) is 0 Å². The molecule has 0 saturated carbocycles. The number of nitrogens with zero attached hydrogens (tertiary/aromatic N) is 4. The van der Waals surface area contributed by atoms with E-state index in [1.54, 1.807) is 12.3 Å². The average molecular weight is 340 g/mol. The van der Waals surface area contributed by atoms with E-state index >= 15 is 0 Å². The van der Waals surface area contributed by atoms with E-state index in [1.807, 2.05) is 13.8 Å². The number of nitro groups is 1. The lowest BCUT2D eigenvalue weighted by molar-refractivity contribution is -0.384. The molecule has 0 unspecified atom stereocenters. The number of hydrogen-bond acceptors (Lipinski definition) is 5. The van der Waals surface area contributed by atoms with Gasteiger partial charge in [-0.3, -0.25) is 20.0 Å². The molecule has 0 aliphatic heterocycles. The first-order chi connectivity index (χ1) is 12.0. The summed E-state index contributed by atoms with van der Waals surface area (Å²) in [4.78, 5) is 27.1. The molecule has 0 saturated heterocycles. The van der Waals surface area contributed by atoms with Crippen molar-refractivity contribution in [2.75, 3.05) is 5.32 Å². The molecule has 0 aliphatic carbocycles. The highest BCUT2D eigenvalue weighted by atomic mass is 16.6. The first-order valence-electron chi connectivity index (χ1n) is 7.59. The molecule has 1 aromatic carbocycles. The summed E-state index contributed by atoms with van der Waals surface area (Å²) in [6, 6.07) is 6.00. The Bertz CT molecular complexity index is 914. The van der Waals surface area contributed by atoms with Crippen LogP contribution in [0.2, 0.25) is 0 Å². The average Bonchev–Trinajstić information content (AvgIpc) is 3.26. The molecule has 9 heteroatoms. The second-order valence-electron chi connectivity index (χ2n) is 5.75. The summed E-state index contributed by atoms with van der Waals surface area (Å²) < 4.78 is 1.52. The molecular formula is C16H16N6O3. The summed E-state index contributed by atoms with van der Waals surface area (Å²) in [7, 11) is 0. The topological polar surface area (TPSA) is 119 Å². The maximum Gasteiger partial charge on any atom is 0.294 e. The van der Waals surface area contributed by atoms with Crippen molar-refractivity contribution in [1.29, 1.82) is 0 Å². The number of benzene rings is 1. The van der Waals surface area contributed by atoms with E-state index < -0.39 is 10.8 Å². The zero-order valence-corrected chi connectivity index (χ0v) is 13.6. The normalized spacial score (nSPS) is 10.8. The van der Waals surface area contributed by atoms with E-state index in [9.17, 15) is 14.9 Å². The summed E-state index contributed by atoms with van der Waals surface area (Å²) in [5.41, 5.74) is 1.21. The minimum absolute atomic E-state index is 0.171. The van der Waals surface area contributed by atoms with Gasteiger partial charge in [0, 0.05) is 35.8 Å². The molecule has 0 fully saturated rings. The number of imidazole rings is 1. The standard InChI is InChI=1S/C16H16N6O3/c1-10(2)12-8-15(20-19-12)18-16(23)11-3-4-13(14(7-11)22(24)25)21-6-5-17-9-21/h3-10H,1-2H3,(H2,18,19,20,23). The molecule has 1 amide bonds. The van der Waals surface area contributed by atoms with Gasteiger partial charge in [-0.15, -0.1) is 0 Å². The van der Waals surface area contributed by atoms with Crippen LogP contribution in [0.5, 0.6) is 0 Å². The SMILES string of the molecule is CC(C)c1cc(NC(=O)c2ccc(-n3ccnc3)c([N+](=O)[O-])c2)n[nH]1. The van der Waals surface area contributed by atoms with Crippen LogP contribution in [0.25, 0.3) is 5.69 Å². The molecule has 2 heterocycles. The minimum Gasteiger partial charge on any atom is -0.305 e. The molecule has 0 aliphatic rings. The Morgan fingerprint density at radius 2 is 2.16 bits per heavy atom. The van der Waals surface area contributed by atoms with Crippen LogP contribution in [-0.4, -0.2) is 30.6 Å². The zero-order valence-electron chi connectivity index (χ0n) is 13.6. The van der Waals surface area contributed by atoms with E-state index in [0.29, 0.717) is 11.5 Å². The Morgan fingerprint density at radius 1 is 1.36 bits per heavy atom. The zero-order chi connectivity index (χ0) is 18.0. The molecule has 9 nitrogen and oxygen atoms in total. The second-order valence-corrected chi connectivity index (χ2v) is 5.75. The van der Waals surface area contributed by atoms with Crippen LogP contribution in [0, 0.1) is 10.1 Å². The largest absolute Gasteiger partial charge is 0.305 e. The summed E-state index contributed by atoms with van der Waals surface area (Å²) in [6.07, 6.45) is 4.58. The van der Waals surface area contributed by atoms with Gasteiger partial charge in [0.05, 0.1) is 11.3 Å². The molecule has 2 N–H and O–H groups in total. The van der Waals surface area contributed by atoms with E-state index in [0.717, 1.165) is 5.69 Å². The van der Waals surface area contributed by atoms with Crippen molar-refractivity contribution in [3.63, 3.8) is 0 Å². The molecule has 0 radical (unpaired) electrons. The van der Waals surface area contributed by atoms with Crippen LogP contribution in [0.15, 0.2) is 43.0 Å². The summed E-state index contributed by atoms with van der Waals surface area (Å²) in [5, 5.41) is 20.8. The number of carbonyl (C=O) groups excluding carboxylic acids is 1. The van der Waals surface area contributed by atoms with Crippen molar-refractivity contribution in [1.82, 2.24) is 19.7 Å². The number of aromatic amines is 1. The van der Waals surface area contributed by atoms with Crippen molar-refractivity contribution < 1.29 is 9.72 Å². The number of hydrogen-bond donors (Lipinski definition) is 2. The molecule has 2 aromatic heterocycles. The fraction of sp³-hybridized carbons (Fsp3) is 0.188. The summed E-state index contributed by atoms with van der Waals surface area (Å²) >= 11 is 0. The number of anilines is 1. The smallest absolute Gasteiger partial charge is 0.294 e. The highest BCUT2D eigenvalue weighted by Gasteiger charge is 2.19. The first-order valence-corrected chi connectivity index (χ1v) is 7.59. The van der Waals surface area contributed by atoms with Crippen LogP contribution < -0.4 is 5.32 Å². The molecule has 0 atom stereocenters. The molecule has 0 spiro atoms. The van der Waals surface area contributed by atoms with Gasteiger partial charge in [-0.1, -0.05) is 13.8 Å². The monoisotopic (exact) mass is 340 g/mol. The Kier molecular flexibility index (Phi) is 4.29. The molecule has 3 rings (SSSR count). The maximum atomic E-state index is 12.4. The first kappa shape index (κ1) is 16.4. The fourth-order valence-corrected chi connectivity index (χ4v) is 2.32. The Morgan fingerprint density at radius 3 is 2.76 bits per heavy atom. The predicted molar refractivity (Wildman–Crippen MR) is 90.8 cm³/mol. The minimum atomic E-state index is -0.530. The second kappa shape index (κ2) is 6.56. The maximum absolute atomic E-state index is 12.4. The van der Waals surface area contributed by atoms with Crippen molar-refractivity contribution in [3.8, 4) is 5.69 Å². The lowest BCUT2D eigenvalue weighted by atomic mass is 10.1. The number of carbonyl (C=O) groups is 1. The quantitative estimate of drug-likeness (QED) is 0.547. The molecule has 25 heavy (non-hydrogen) atoms. The number of rotatable bonds is 5.